The van der Waals surface area contributed by atoms with E-state index in [1.54, 1.807) is 19.1 Å². The Morgan fingerprint density at radius 1 is 1.15 bits per heavy atom. The molecule has 150 valence electrons. The molecule has 2 aromatic rings. The summed E-state index contributed by atoms with van der Waals surface area (Å²) in [5, 5.41) is 6.51. The van der Waals surface area contributed by atoms with Crippen LogP contribution in [-0.4, -0.2) is 27.2 Å². The van der Waals surface area contributed by atoms with E-state index in [2.05, 4.69) is 15.6 Å². The van der Waals surface area contributed by atoms with Gasteiger partial charge in [0.25, 0.3) is 0 Å². The van der Waals surface area contributed by atoms with Crippen molar-refractivity contribution in [3.8, 4) is 0 Å². The van der Waals surface area contributed by atoms with E-state index in [0.29, 0.717) is 23.9 Å². The summed E-state index contributed by atoms with van der Waals surface area (Å²) in [6, 6.07) is 7.33. The highest BCUT2D eigenvalue weighted by molar-refractivity contribution is 14.0. The molecule has 0 saturated heterocycles. The Morgan fingerprint density at radius 3 is 2.37 bits per heavy atom. The van der Waals surface area contributed by atoms with Crippen molar-refractivity contribution < 1.29 is 12.8 Å². The van der Waals surface area contributed by atoms with Gasteiger partial charge in [0.05, 0.1) is 11.4 Å². The highest BCUT2D eigenvalue weighted by Gasteiger charge is 2.11. The number of halogens is 1. The van der Waals surface area contributed by atoms with E-state index in [-0.39, 0.29) is 24.0 Å². The summed E-state index contributed by atoms with van der Waals surface area (Å²) >= 11 is 0. The highest BCUT2D eigenvalue weighted by atomic mass is 127. The second-order valence-corrected chi connectivity index (χ2v) is 8.34. The second-order valence-electron chi connectivity index (χ2n) is 6.36. The Balaban J connectivity index is 0.00000364. The van der Waals surface area contributed by atoms with Crippen molar-refractivity contribution in [1.82, 2.24) is 10.6 Å². The lowest BCUT2D eigenvalue weighted by atomic mass is 10.1. The van der Waals surface area contributed by atoms with Gasteiger partial charge in [0.15, 0.2) is 15.8 Å². The van der Waals surface area contributed by atoms with E-state index < -0.39 is 9.84 Å². The van der Waals surface area contributed by atoms with Crippen LogP contribution < -0.4 is 10.6 Å². The van der Waals surface area contributed by atoms with Crippen LogP contribution in [0.4, 0.5) is 0 Å². The predicted molar refractivity (Wildman–Crippen MR) is 120 cm³/mol. The summed E-state index contributed by atoms with van der Waals surface area (Å²) in [6.07, 6.45) is 1.22. The van der Waals surface area contributed by atoms with Crippen molar-refractivity contribution in [3.05, 3.63) is 52.5 Å². The first-order valence-corrected chi connectivity index (χ1v) is 10.5. The highest BCUT2D eigenvalue weighted by Crippen LogP contribution is 2.17. The smallest absolute Gasteiger partial charge is 0.191 e. The normalized spacial score (nSPS) is 11.8. The first-order chi connectivity index (χ1) is 12.2. The first-order valence-electron chi connectivity index (χ1n) is 8.58. The largest absolute Gasteiger partial charge is 0.466 e. The van der Waals surface area contributed by atoms with Crippen LogP contribution in [-0.2, 0) is 22.9 Å². The topological polar surface area (TPSA) is 83.7 Å². The summed E-state index contributed by atoms with van der Waals surface area (Å²) in [6.45, 7) is 9.52. The van der Waals surface area contributed by atoms with Gasteiger partial charge in [0, 0.05) is 24.9 Å². The van der Waals surface area contributed by atoms with Crippen LogP contribution in [0.15, 0.2) is 38.6 Å². The Hall–Kier alpha value is -1.55. The Morgan fingerprint density at radius 2 is 1.85 bits per heavy atom. The SMILES string of the molecule is CCNC(=NCc1ccc(S(C)(=O)=O)c(C)c1)NCc1cc(C)oc1C.I. The van der Waals surface area contributed by atoms with Gasteiger partial charge >= 0.3 is 0 Å². The lowest BCUT2D eigenvalue weighted by Crippen LogP contribution is -2.36. The molecule has 0 unspecified atom stereocenters. The molecule has 0 saturated carbocycles. The number of hydrogen-bond acceptors (Lipinski definition) is 4. The Bertz CT molecular complexity index is 905. The van der Waals surface area contributed by atoms with E-state index in [1.165, 1.54) is 6.26 Å². The Kier molecular flexibility index (Phi) is 8.80. The molecular formula is C19H28IN3O3S. The van der Waals surface area contributed by atoms with Gasteiger partial charge < -0.3 is 15.1 Å². The van der Waals surface area contributed by atoms with Crippen molar-refractivity contribution in [1.29, 1.82) is 0 Å². The van der Waals surface area contributed by atoms with Crippen LogP contribution in [0.2, 0.25) is 0 Å². The molecule has 0 amide bonds. The van der Waals surface area contributed by atoms with Crippen molar-refractivity contribution >= 4 is 39.8 Å². The number of sulfone groups is 1. The number of benzene rings is 1. The minimum Gasteiger partial charge on any atom is -0.466 e. The molecule has 0 spiro atoms. The van der Waals surface area contributed by atoms with Gasteiger partial charge in [-0.1, -0.05) is 12.1 Å². The summed E-state index contributed by atoms with van der Waals surface area (Å²) in [4.78, 5) is 4.94. The zero-order chi connectivity index (χ0) is 19.3. The molecule has 2 rings (SSSR count). The monoisotopic (exact) mass is 505 g/mol. The van der Waals surface area contributed by atoms with Crippen LogP contribution in [0.3, 0.4) is 0 Å². The minimum absolute atomic E-state index is 0. The molecule has 0 bridgehead atoms. The maximum absolute atomic E-state index is 11.7. The molecule has 27 heavy (non-hydrogen) atoms. The number of aryl methyl sites for hydroxylation is 3. The van der Waals surface area contributed by atoms with E-state index in [0.717, 1.165) is 34.8 Å². The van der Waals surface area contributed by atoms with E-state index in [9.17, 15) is 8.42 Å². The average Bonchev–Trinajstić information content (AvgIpc) is 2.86. The lowest BCUT2D eigenvalue weighted by molar-refractivity contribution is 0.500. The minimum atomic E-state index is -3.20. The van der Waals surface area contributed by atoms with Crippen LogP contribution >= 0.6 is 24.0 Å². The zero-order valence-corrected chi connectivity index (χ0v) is 19.6. The maximum atomic E-state index is 11.7. The average molecular weight is 505 g/mol. The quantitative estimate of drug-likeness (QED) is 0.357. The molecule has 2 N–H and O–H groups in total. The second kappa shape index (κ2) is 10.1. The molecule has 0 radical (unpaired) electrons. The maximum Gasteiger partial charge on any atom is 0.191 e. The van der Waals surface area contributed by atoms with Gasteiger partial charge in [-0.25, -0.2) is 13.4 Å². The van der Waals surface area contributed by atoms with E-state index in [4.69, 9.17) is 4.42 Å². The molecule has 0 aliphatic rings. The Labute approximate surface area is 178 Å². The molecule has 0 fully saturated rings. The molecule has 6 nitrogen and oxygen atoms in total. The third-order valence-electron chi connectivity index (χ3n) is 3.99. The summed E-state index contributed by atoms with van der Waals surface area (Å²) < 4.78 is 29.0. The number of furan rings is 1. The number of nitrogens with one attached hydrogen (secondary N) is 2. The van der Waals surface area contributed by atoms with Crippen LogP contribution in [0.5, 0.6) is 0 Å². The molecule has 8 heteroatoms. The molecule has 1 aromatic carbocycles. The predicted octanol–water partition coefficient (Wildman–Crippen LogP) is 3.48. The number of aliphatic imine (C=N–C) groups is 1. The summed E-state index contributed by atoms with van der Waals surface area (Å²) in [5.41, 5.74) is 2.80. The fraction of sp³-hybridized carbons (Fsp3) is 0.421. The molecule has 1 aromatic heterocycles. The zero-order valence-electron chi connectivity index (χ0n) is 16.4. The fourth-order valence-corrected chi connectivity index (χ4v) is 3.73. The summed E-state index contributed by atoms with van der Waals surface area (Å²) in [5.74, 6) is 2.50. The van der Waals surface area contributed by atoms with Crippen molar-refractivity contribution in [2.24, 2.45) is 4.99 Å². The molecule has 0 aliphatic heterocycles. The third-order valence-corrected chi connectivity index (χ3v) is 5.25. The molecule has 0 aliphatic carbocycles. The van der Waals surface area contributed by atoms with Gasteiger partial charge in [0.2, 0.25) is 0 Å². The van der Waals surface area contributed by atoms with Gasteiger partial charge in [-0.15, -0.1) is 24.0 Å². The van der Waals surface area contributed by atoms with Crippen molar-refractivity contribution in [3.63, 3.8) is 0 Å². The third kappa shape index (κ3) is 6.84. The standard InChI is InChI=1S/C19H27N3O3S.HI/c1-6-20-19(22-12-17-10-14(3)25-15(17)4)21-11-16-7-8-18(13(2)9-16)26(5,23)24;/h7-10H,6,11-12H2,1-5H3,(H2,20,21,22);1H. The van der Waals surface area contributed by atoms with Crippen LogP contribution in [0, 0.1) is 20.8 Å². The van der Waals surface area contributed by atoms with E-state index in [1.807, 2.05) is 32.9 Å². The molecule has 0 atom stereocenters. The fourth-order valence-electron chi connectivity index (χ4n) is 2.78. The van der Waals surface area contributed by atoms with E-state index >= 15 is 0 Å². The number of rotatable bonds is 6. The van der Waals surface area contributed by atoms with Crippen LogP contribution in [0.1, 0.15) is 35.1 Å². The summed E-state index contributed by atoms with van der Waals surface area (Å²) in [7, 11) is -3.20. The number of hydrogen-bond donors (Lipinski definition) is 2. The van der Waals surface area contributed by atoms with Crippen molar-refractivity contribution in [2.75, 3.05) is 12.8 Å². The van der Waals surface area contributed by atoms with Gasteiger partial charge in [0.1, 0.15) is 11.5 Å². The van der Waals surface area contributed by atoms with Gasteiger partial charge in [-0.3, -0.25) is 0 Å². The number of nitrogens with zero attached hydrogens (tertiary/aromatic N) is 1. The molecule has 1 heterocycles. The van der Waals surface area contributed by atoms with Gasteiger partial charge in [-0.2, -0.15) is 0 Å². The van der Waals surface area contributed by atoms with Gasteiger partial charge in [-0.05, 0) is 51.0 Å². The lowest BCUT2D eigenvalue weighted by Gasteiger charge is -2.11. The number of guanidine groups is 1. The van der Waals surface area contributed by atoms with Crippen LogP contribution in [0.25, 0.3) is 0 Å². The van der Waals surface area contributed by atoms with Crippen molar-refractivity contribution in [2.45, 2.75) is 45.7 Å². The first kappa shape index (κ1) is 23.5. The molecular weight excluding hydrogens is 477 g/mol.